The van der Waals surface area contributed by atoms with Crippen LogP contribution in [0.2, 0.25) is 0 Å². The fourth-order valence-corrected chi connectivity index (χ4v) is 4.01. The minimum atomic E-state index is 0.460. The molecule has 4 aromatic rings. The van der Waals surface area contributed by atoms with Gasteiger partial charge >= 0.3 is 0 Å². The molecule has 1 heterocycles. The molecule has 32 heavy (non-hydrogen) atoms. The van der Waals surface area contributed by atoms with Crippen LogP contribution in [-0.2, 0) is 13.2 Å². The minimum absolute atomic E-state index is 0.460. The van der Waals surface area contributed by atoms with Crippen molar-refractivity contribution < 1.29 is 9.47 Å². The van der Waals surface area contributed by atoms with Gasteiger partial charge in [-0.25, -0.2) is 10.4 Å². The van der Waals surface area contributed by atoms with E-state index in [1.165, 1.54) is 0 Å². The Hall–Kier alpha value is -3.32. The van der Waals surface area contributed by atoms with Crippen LogP contribution in [0, 0.1) is 0 Å². The van der Waals surface area contributed by atoms with Crippen LogP contribution in [-0.4, -0.2) is 22.4 Å². The van der Waals surface area contributed by atoms with Crippen LogP contribution in [0.25, 0.3) is 11.0 Å². The lowest BCUT2D eigenvalue weighted by Crippen LogP contribution is -2.03. The smallest absolute Gasteiger partial charge is 0.224 e. The second-order valence-electron chi connectivity index (χ2n) is 7.08. The maximum Gasteiger partial charge on any atom is 0.224 e. The van der Waals surface area contributed by atoms with E-state index in [4.69, 9.17) is 9.47 Å². The molecule has 0 spiro atoms. The maximum absolute atomic E-state index is 6.05. The first-order valence-electron chi connectivity index (χ1n) is 10.6. The Balaban J connectivity index is 1.53. The van der Waals surface area contributed by atoms with Gasteiger partial charge in [0, 0.05) is 6.54 Å². The average Bonchev–Trinajstić information content (AvgIpc) is 3.17. The number of hydrogen-bond acceptors (Lipinski definition) is 5. The summed E-state index contributed by atoms with van der Waals surface area (Å²) in [6, 6.07) is 22.0. The molecule has 0 aliphatic rings. The van der Waals surface area contributed by atoms with Gasteiger partial charge in [0.1, 0.15) is 6.61 Å². The zero-order chi connectivity index (χ0) is 22.3. The van der Waals surface area contributed by atoms with Crippen molar-refractivity contribution >= 4 is 39.1 Å². The van der Waals surface area contributed by atoms with Crippen LogP contribution in [0.1, 0.15) is 25.0 Å². The van der Waals surface area contributed by atoms with Crippen LogP contribution in [0.3, 0.4) is 0 Å². The van der Waals surface area contributed by atoms with Gasteiger partial charge in [0.2, 0.25) is 5.95 Å². The first-order chi connectivity index (χ1) is 15.7. The molecule has 1 aromatic heterocycles. The average molecular weight is 493 g/mol. The molecule has 164 valence electrons. The standard InChI is InChI=1S/C25H25BrN4O2/c1-3-30-22-13-9-8-12-21(22)28-25(30)29-27-16-19-14-20(26)24(23(15-19)31-4-2)32-17-18-10-6-5-7-11-18/h5-16H,3-4,17H2,1-2H3,(H,28,29)/b27-16-. The number of ether oxygens (including phenoxy) is 2. The van der Waals surface area contributed by atoms with Gasteiger partial charge in [-0.2, -0.15) is 5.10 Å². The van der Waals surface area contributed by atoms with Gasteiger partial charge in [-0.15, -0.1) is 0 Å². The summed E-state index contributed by atoms with van der Waals surface area (Å²) in [4.78, 5) is 4.63. The molecule has 0 fully saturated rings. The zero-order valence-electron chi connectivity index (χ0n) is 18.1. The number of aromatic nitrogens is 2. The van der Waals surface area contributed by atoms with Crippen molar-refractivity contribution in [1.29, 1.82) is 0 Å². The van der Waals surface area contributed by atoms with E-state index in [1.807, 2.05) is 67.6 Å². The molecule has 0 amide bonds. The lowest BCUT2D eigenvalue weighted by atomic mass is 10.2. The molecular weight excluding hydrogens is 468 g/mol. The van der Waals surface area contributed by atoms with Crippen molar-refractivity contribution in [1.82, 2.24) is 9.55 Å². The van der Waals surface area contributed by atoms with Crippen molar-refractivity contribution in [3.8, 4) is 11.5 Å². The highest BCUT2D eigenvalue weighted by Gasteiger charge is 2.13. The monoisotopic (exact) mass is 492 g/mol. The Bertz CT molecular complexity index is 1220. The molecule has 0 radical (unpaired) electrons. The minimum Gasteiger partial charge on any atom is -0.490 e. The quantitative estimate of drug-likeness (QED) is 0.221. The third-order valence-electron chi connectivity index (χ3n) is 4.91. The molecule has 4 rings (SSSR count). The third-order valence-corrected chi connectivity index (χ3v) is 5.50. The van der Waals surface area contributed by atoms with Gasteiger partial charge in [-0.1, -0.05) is 42.5 Å². The number of aryl methyl sites for hydroxylation is 1. The first-order valence-corrected chi connectivity index (χ1v) is 11.4. The Morgan fingerprint density at radius 1 is 1.03 bits per heavy atom. The Labute approximate surface area is 196 Å². The number of halogens is 1. The number of nitrogens with zero attached hydrogens (tertiary/aromatic N) is 3. The van der Waals surface area contributed by atoms with E-state index >= 15 is 0 Å². The van der Waals surface area contributed by atoms with E-state index in [1.54, 1.807) is 6.21 Å². The molecule has 0 saturated heterocycles. The number of para-hydroxylation sites is 2. The number of anilines is 1. The van der Waals surface area contributed by atoms with Crippen molar-refractivity contribution in [3.63, 3.8) is 0 Å². The van der Waals surface area contributed by atoms with Crippen molar-refractivity contribution in [2.24, 2.45) is 5.10 Å². The summed E-state index contributed by atoms with van der Waals surface area (Å²) in [5.41, 5.74) is 7.05. The fourth-order valence-electron chi connectivity index (χ4n) is 3.44. The topological polar surface area (TPSA) is 60.7 Å². The van der Waals surface area contributed by atoms with Crippen molar-refractivity contribution in [3.05, 3.63) is 82.3 Å². The number of hydrogen-bond donors (Lipinski definition) is 1. The number of benzene rings is 3. The Morgan fingerprint density at radius 2 is 1.81 bits per heavy atom. The van der Waals surface area contributed by atoms with Gasteiger partial charge in [-0.05, 0) is 65.2 Å². The van der Waals surface area contributed by atoms with E-state index < -0.39 is 0 Å². The fraction of sp³-hybridized carbons (Fsp3) is 0.200. The number of nitrogens with one attached hydrogen (secondary N) is 1. The van der Waals surface area contributed by atoms with Crippen LogP contribution in [0.15, 0.2) is 76.3 Å². The summed E-state index contributed by atoms with van der Waals surface area (Å²) in [6.07, 6.45) is 1.74. The molecule has 0 aliphatic carbocycles. The highest BCUT2D eigenvalue weighted by atomic mass is 79.9. The van der Waals surface area contributed by atoms with Crippen molar-refractivity contribution in [2.75, 3.05) is 12.0 Å². The molecule has 0 unspecified atom stereocenters. The second kappa shape index (κ2) is 10.3. The Morgan fingerprint density at radius 3 is 2.59 bits per heavy atom. The molecule has 6 nitrogen and oxygen atoms in total. The SMILES string of the molecule is CCOc1cc(/C=N\Nc2nc3ccccc3n2CC)cc(Br)c1OCc1ccccc1. The normalized spacial score (nSPS) is 11.2. The van der Waals surface area contributed by atoms with Crippen LogP contribution >= 0.6 is 15.9 Å². The largest absolute Gasteiger partial charge is 0.490 e. The van der Waals surface area contributed by atoms with Gasteiger partial charge in [0.15, 0.2) is 11.5 Å². The number of fused-ring (bicyclic) bond motifs is 1. The van der Waals surface area contributed by atoms with Gasteiger partial charge < -0.3 is 14.0 Å². The summed E-state index contributed by atoms with van der Waals surface area (Å²) >= 11 is 3.62. The molecule has 0 aliphatic heterocycles. The van der Waals surface area contributed by atoms with E-state index in [0.29, 0.717) is 30.7 Å². The van der Waals surface area contributed by atoms with Gasteiger partial charge in [0.25, 0.3) is 0 Å². The summed E-state index contributed by atoms with van der Waals surface area (Å²) in [6.45, 7) is 5.83. The summed E-state index contributed by atoms with van der Waals surface area (Å²) in [5, 5.41) is 4.41. The number of rotatable bonds is 9. The molecule has 0 bridgehead atoms. The lowest BCUT2D eigenvalue weighted by molar-refractivity contribution is 0.267. The summed E-state index contributed by atoms with van der Waals surface area (Å²) < 4.78 is 14.8. The molecule has 0 atom stereocenters. The summed E-state index contributed by atoms with van der Waals surface area (Å²) in [5.74, 6) is 2.05. The molecule has 0 saturated carbocycles. The maximum atomic E-state index is 6.05. The zero-order valence-corrected chi connectivity index (χ0v) is 19.7. The van der Waals surface area contributed by atoms with Gasteiger partial charge in [-0.3, -0.25) is 0 Å². The number of hydrazone groups is 1. The van der Waals surface area contributed by atoms with E-state index in [0.717, 1.165) is 33.2 Å². The van der Waals surface area contributed by atoms with Crippen LogP contribution in [0.4, 0.5) is 5.95 Å². The summed E-state index contributed by atoms with van der Waals surface area (Å²) in [7, 11) is 0. The first kappa shape index (κ1) is 21.9. The third kappa shape index (κ3) is 4.94. The molecule has 1 N–H and O–H groups in total. The lowest BCUT2D eigenvalue weighted by Gasteiger charge is -2.14. The molecule has 7 heteroatoms. The molecular formula is C25H25BrN4O2. The van der Waals surface area contributed by atoms with E-state index in [-0.39, 0.29) is 0 Å². The molecule has 3 aromatic carbocycles. The predicted octanol–water partition coefficient (Wildman–Crippen LogP) is 6.24. The van der Waals surface area contributed by atoms with E-state index in [2.05, 4.69) is 49.0 Å². The highest BCUT2D eigenvalue weighted by molar-refractivity contribution is 9.10. The highest BCUT2D eigenvalue weighted by Crippen LogP contribution is 2.37. The predicted molar refractivity (Wildman–Crippen MR) is 133 cm³/mol. The number of imidazole rings is 1. The van der Waals surface area contributed by atoms with E-state index in [9.17, 15) is 0 Å². The second-order valence-corrected chi connectivity index (χ2v) is 7.93. The van der Waals surface area contributed by atoms with Gasteiger partial charge in [0.05, 0.1) is 28.3 Å². The van der Waals surface area contributed by atoms with Crippen LogP contribution in [0.5, 0.6) is 11.5 Å². The van der Waals surface area contributed by atoms with Crippen LogP contribution < -0.4 is 14.9 Å². The Kier molecular flexibility index (Phi) is 7.07. The van der Waals surface area contributed by atoms with Crippen molar-refractivity contribution in [2.45, 2.75) is 27.0 Å².